The van der Waals surface area contributed by atoms with Gasteiger partial charge in [0.2, 0.25) is 5.91 Å². The number of carbonyl (C=O) groups is 2. The zero-order valence-electron chi connectivity index (χ0n) is 15.9. The second-order valence-electron chi connectivity index (χ2n) is 5.97. The van der Waals surface area contributed by atoms with E-state index >= 15 is 0 Å². The van der Waals surface area contributed by atoms with E-state index in [0.29, 0.717) is 11.3 Å². The summed E-state index contributed by atoms with van der Waals surface area (Å²) < 4.78 is 38.6. The average molecular weight is 405 g/mol. The van der Waals surface area contributed by atoms with Crippen LogP contribution in [-0.4, -0.2) is 31.6 Å². The molecule has 0 bridgehead atoms. The van der Waals surface area contributed by atoms with Crippen LogP contribution in [-0.2, 0) is 20.9 Å². The van der Waals surface area contributed by atoms with Gasteiger partial charge in [0.15, 0.2) is 0 Å². The Morgan fingerprint density at radius 2 is 1.66 bits per heavy atom. The van der Waals surface area contributed by atoms with Gasteiger partial charge in [-0.3, -0.25) is 4.79 Å². The van der Waals surface area contributed by atoms with Crippen LogP contribution < -0.4 is 14.8 Å². The minimum atomic E-state index is -2.90. The lowest BCUT2D eigenvalue weighted by Crippen LogP contribution is -2.38. The molecule has 0 aliphatic carbocycles. The fourth-order valence-corrected chi connectivity index (χ4v) is 2.25. The summed E-state index contributed by atoms with van der Waals surface area (Å²) >= 11 is 0. The lowest BCUT2D eigenvalue weighted by molar-refractivity contribution is -0.148. The van der Waals surface area contributed by atoms with Crippen LogP contribution >= 0.6 is 0 Å². The van der Waals surface area contributed by atoms with Crippen molar-refractivity contribution in [3.63, 3.8) is 0 Å². The van der Waals surface area contributed by atoms with Gasteiger partial charge in [0, 0.05) is 6.08 Å². The summed E-state index contributed by atoms with van der Waals surface area (Å²) in [6.07, 6.45) is 2.92. The molecule has 0 unspecified atom stereocenters. The Balaban J connectivity index is 1.78. The molecule has 6 nitrogen and oxygen atoms in total. The van der Waals surface area contributed by atoms with Crippen molar-refractivity contribution in [2.45, 2.75) is 26.2 Å². The summed E-state index contributed by atoms with van der Waals surface area (Å²) in [6, 6.07) is 12.0. The number of nitrogens with one attached hydrogen (secondary N) is 1. The van der Waals surface area contributed by atoms with Crippen LogP contribution in [0.25, 0.3) is 6.08 Å². The summed E-state index contributed by atoms with van der Waals surface area (Å²) in [4.78, 5) is 24.0. The topological polar surface area (TPSA) is 73.9 Å². The van der Waals surface area contributed by atoms with Crippen molar-refractivity contribution in [2.24, 2.45) is 0 Å². The van der Waals surface area contributed by atoms with E-state index in [1.807, 2.05) is 0 Å². The maximum Gasteiger partial charge on any atom is 0.387 e. The minimum absolute atomic E-state index is 0.0133. The van der Waals surface area contributed by atoms with Crippen molar-refractivity contribution >= 4 is 18.0 Å². The second-order valence-corrected chi connectivity index (χ2v) is 5.97. The van der Waals surface area contributed by atoms with Gasteiger partial charge >= 0.3 is 12.6 Å². The number of carbonyl (C=O) groups excluding carboxylic acids is 2. The summed E-state index contributed by atoms with van der Waals surface area (Å²) in [5.74, 6) is -0.346. The van der Waals surface area contributed by atoms with Crippen molar-refractivity contribution in [1.82, 2.24) is 5.32 Å². The highest BCUT2D eigenvalue weighted by molar-refractivity contribution is 5.94. The van der Waals surface area contributed by atoms with Crippen molar-refractivity contribution in [3.8, 4) is 11.5 Å². The first kappa shape index (κ1) is 21.9. The van der Waals surface area contributed by atoms with Crippen LogP contribution in [0, 0.1) is 0 Å². The number of hydrogen-bond acceptors (Lipinski definition) is 5. The highest BCUT2D eigenvalue weighted by atomic mass is 19.3. The van der Waals surface area contributed by atoms with Gasteiger partial charge in [0.1, 0.15) is 24.1 Å². The molecule has 1 atom stereocenters. The SMILES string of the molecule is COc1ccc(/C=C/C(=O)N[C@@H](C)C(=O)OCc2ccc(OC(F)F)cc2)cc1. The van der Waals surface area contributed by atoms with E-state index in [4.69, 9.17) is 9.47 Å². The lowest BCUT2D eigenvalue weighted by atomic mass is 10.2. The number of ether oxygens (including phenoxy) is 3. The summed E-state index contributed by atoms with van der Waals surface area (Å²) in [5.41, 5.74) is 1.40. The molecule has 2 rings (SSSR count). The molecule has 0 fully saturated rings. The van der Waals surface area contributed by atoms with Crippen LogP contribution in [0.4, 0.5) is 8.78 Å². The summed E-state index contributed by atoms with van der Waals surface area (Å²) in [5, 5.41) is 2.51. The van der Waals surface area contributed by atoms with Gasteiger partial charge in [0.05, 0.1) is 7.11 Å². The minimum Gasteiger partial charge on any atom is -0.497 e. The number of methoxy groups -OCH3 is 1. The van der Waals surface area contributed by atoms with E-state index in [0.717, 1.165) is 5.56 Å². The average Bonchev–Trinajstić information content (AvgIpc) is 2.71. The first-order valence-electron chi connectivity index (χ1n) is 8.70. The van der Waals surface area contributed by atoms with Crippen LogP contribution in [0.15, 0.2) is 54.6 Å². The zero-order chi connectivity index (χ0) is 21.2. The fraction of sp³-hybridized carbons (Fsp3) is 0.238. The van der Waals surface area contributed by atoms with Crippen LogP contribution in [0.5, 0.6) is 11.5 Å². The first-order chi connectivity index (χ1) is 13.9. The number of halogens is 2. The van der Waals surface area contributed by atoms with E-state index in [2.05, 4.69) is 10.1 Å². The molecule has 8 heteroatoms. The molecule has 154 valence electrons. The molecule has 0 aliphatic rings. The van der Waals surface area contributed by atoms with E-state index in [9.17, 15) is 18.4 Å². The molecule has 29 heavy (non-hydrogen) atoms. The van der Waals surface area contributed by atoms with Gasteiger partial charge in [-0.05, 0) is 48.4 Å². The normalized spacial score (nSPS) is 11.9. The molecular formula is C21H21F2NO5. The molecule has 0 aliphatic heterocycles. The smallest absolute Gasteiger partial charge is 0.387 e. The molecule has 0 spiro atoms. The maximum absolute atomic E-state index is 12.1. The third-order valence-electron chi connectivity index (χ3n) is 3.78. The first-order valence-corrected chi connectivity index (χ1v) is 8.70. The van der Waals surface area contributed by atoms with Crippen LogP contribution in [0.2, 0.25) is 0 Å². The highest BCUT2D eigenvalue weighted by Crippen LogP contribution is 2.15. The molecule has 0 heterocycles. The second kappa shape index (κ2) is 10.8. The van der Waals surface area contributed by atoms with Gasteiger partial charge in [-0.2, -0.15) is 8.78 Å². The Labute approximate surface area is 167 Å². The number of amides is 1. The van der Waals surface area contributed by atoms with Crippen molar-refractivity contribution in [1.29, 1.82) is 0 Å². The summed E-state index contributed by atoms with van der Waals surface area (Å²) in [7, 11) is 1.57. The van der Waals surface area contributed by atoms with E-state index in [1.54, 1.807) is 37.5 Å². The molecule has 1 N–H and O–H groups in total. The van der Waals surface area contributed by atoms with Crippen molar-refractivity contribution in [3.05, 3.63) is 65.7 Å². The standard InChI is InChI=1S/C21H21F2NO5/c1-14(24-19(25)12-7-15-3-8-17(27-2)9-4-15)20(26)28-13-16-5-10-18(11-6-16)29-21(22)23/h3-12,14,21H,13H2,1-2H3,(H,24,25)/b12-7+/t14-/m0/s1. The van der Waals surface area contributed by atoms with Crippen molar-refractivity contribution < 1.29 is 32.6 Å². The molecule has 0 saturated heterocycles. The fourth-order valence-electron chi connectivity index (χ4n) is 2.25. The van der Waals surface area contributed by atoms with Crippen LogP contribution in [0.1, 0.15) is 18.1 Å². The Kier molecular flexibility index (Phi) is 8.14. The van der Waals surface area contributed by atoms with Gasteiger partial charge in [-0.1, -0.05) is 24.3 Å². The molecule has 0 saturated carbocycles. The van der Waals surface area contributed by atoms with E-state index in [-0.39, 0.29) is 12.4 Å². The number of rotatable bonds is 9. The third kappa shape index (κ3) is 7.61. The Morgan fingerprint density at radius 3 is 2.24 bits per heavy atom. The number of alkyl halides is 2. The van der Waals surface area contributed by atoms with E-state index in [1.165, 1.54) is 37.3 Å². The Morgan fingerprint density at radius 1 is 1.03 bits per heavy atom. The zero-order valence-corrected chi connectivity index (χ0v) is 15.9. The lowest BCUT2D eigenvalue weighted by Gasteiger charge is -2.12. The predicted octanol–water partition coefficient (Wildman–Crippen LogP) is 3.56. The molecule has 2 aromatic carbocycles. The molecule has 2 aromatic rings. The third-order valence-corrected chi connectivity index (χ3v) is 3.78. The number of benzene rings is 2. The van der Waals surface area contributed by atoms with Gasteiger partial charge in [-0.25, -0.2) is 4.79 Å². The quantitative estimate of drug-likeness (QED) is 0.510. The highest BCUT2D eigenvalue weighted by Gasteiger charge is 2.16. The monoisotopic (exact) mass is 405 g/mol. The Bertz CT molecular complexity index is 835. The van der Waals surface area contributed by atoms with E-state index < -0.39 is 24.5 Å². The predicted molar refractivity (Wildman–Crippen MR) is 103 cm³/mol. The summed E-state index contributed by atoms with van der Waals surface area (Å²) in [6.45, 7) is -1.46. The van der Waals surface area contributed by atoms with Crippen LogP contribution in [0.3, 0.4) is 0 Å². The largest absolute Gasteiger partial charge is 0.497 e. The molecule has 0 aromatic heterocycles. The maximum atomic E-state index is 12.1. The Hall–Kier alpha value is -3.42. The number of hydrogen-bond donors (Lipinski definition) is 1. The molecule has 0 radical (unpaired) electrons. The molecular weight excluding hydrogens is 384 g/mol. The number of esters is 1. The van der Waals surface area contributed by atoms with Gasteiger partial charge < -0.3 is 19.5 Å². The molecule has 1 amide bonds. The van der Waals surface area contributed by atoms with Crippen molar-refractivity contribution in [2.75, 3.05) is 7.11 Å². The van der Waals surface area contributed by atoms with Gasteiger partial charge in [-0.15, -0.1) is 0 Å². The van der Waals surface area contributed by atoms with Gasteiger partial charge in [0.25, 0.3) is 0 Å².